The quantitative estimate of drug-likeness (QED) is 0.706. The van der Waals surface area contributed by atoms with Crippen LogP contribution in [0.15, 0.2) is 0 Å². The van der Waals surface area contributed by atoms with Gasteiger partial charge in [0.05, 0.1) is 19.8 Å². The summed E-state index contributed by atoms with van der Waals surface area (Å²) in [5.74, 6) is 0. The fraction of sp³-hybridized carbons (Fsp3) is 1.00. The van der Waals surface area contributed by atoms with E-state index in [1.165, 1.54) is 25.7 Å². The third-order valence-corrected chi connectivity index (χ3v) is 3.76. The van der Waals surface area contributed by atoms with E-state index in [1.807, 2.05) is 0 Å². The summed E-state index contributed by atoms with van der Waals surface area (Å²) in [6, 6.07) is 0.728. The lowest BCUT2D eigenvalue weighted by atomic mass is 9.75. The smallest absolute Gasteiger partial charge is 0.0698 e. The molecule has 3 nitrogen and oxygen atoms in total. The Labute approximate surface area is 99.8 Å². The maximum absolute atomic E-state index is 8.60. The van der Waals surface area contributed by atoms with Gasteiger partial charge in [0.2, 0.25) is 0 Å². The SMILES string of the molecule is CN(CCOCCO)C1CCC(C)(C)CC1. The van der Waals surface area contributed by atoms with Crippen LogP contribution in [0.3, 0.4) is 0 Å². The predicted molar refractivity (Wildman–Crippen MR) is 66.6 cm³/mol. The summed E-state index contributed by atoms with van der Waals surface area (Å²) >= 11 is 0. The maximum atomic E-state index is 8.60. The first-order valence-electron chi connectivity index (χ1n) is 6.44. The average molecular weight is 229 g/mol. The van der Waals surface area contributed by atoms with Crippen LogP contribution >= 0.6 is 0 Å². The second kappa shape index (κ2) is 6.58. The zero-order valence-electron chi connectivity index (χ0n) is 11.0. The van der Waals surface area contributed by atoms with Crippen molar-refractivity contribution < 1.29 is 9.84 Å². The van der Waals surface area contributed by atoms with Gasteiger partial charge >= 0.3 is 0 Å². The molecular weight excluding hydrogens is 202 g/mol. The van der Waals surface area contributed by atoms with Crippen LogP contribution in [-0.2, 0) is 4.74 Å². The molecule has 0 aromatic carbocycles. The van der Waals surface area contributed by atoms with E-state index in [-0.39, 0.29) is 6.61 Å². The molecule has 96 valence electrons. The molecule has 0 heterocycles. The lowest BCUT2D eigenvalue weighted by Gasteiger charge is -2.38. The number of rotatable bonds is 6. The van der Waals surface area contributed by atoms with E-state index >= 15 is 0 Å². The van der Waals surface area contributed by atoms with E-state index < -0.39 is 0 Å². The normalized spacial score (nSPS) is 21.6. The lowest BCUT2D eigenvalue weighted by Crippen LogP contribution is -2.38. The molecule has 3 heteroatoms. The highest BCUT2D eigenvalue weighted by Gasteiger charge is 2.28. The molecule has 0 aromatic heterocycles. The Morgan fingerprint density at radius 1 is 1.25 bits per heavy atom. The second-order valence-corrected chi connectivity index (χ2v) is 5.71. The van der Waals surface area contributed by atoms with Crippen LogP contribution in [0.25, 0.3) is 0 Å². The van der Waals surface area contributed by atoms with E-state index in [2.05, 4.69) is 25.8 Å². The monoisotopic (exact) mass is 229 g/mol. The number of nitrogens with zero attached hydrogens (tertiary/aromatic N) is 1. The highest BCUT2D eigenvalue weighted by Crippen LogP contribution is 2.36. The molecule has 0 aliphatic heterocycles. The van der Waals surface area contributed by atoms with Crippen LogP contribution in [0.5, 0.6) is 0 Å². The zero-order valence-corrected chi connectivity index (χ0v) is 11.0. The number of aliphatic hydroxyl groups is 1. The molecule has 0 aromatic rings. The van der Waals surface area contributed by atoms with Gasteiger partial charge in [0.25, 0.3) is 0 Å². The molecule has 1 aliphatic carbocycles. The van der Waals surface area contributed by atoms with E-state index in [0.717, 1.165) is 19.2 Å². The van der Waals surface area contributed by atoms with E-state index in [1.54, 1.807) is 0 Å². The number of hydrogen-bond acceptors (Lipinski definition) is 3. The molecule has 0 amide bonds. The molecule has 1 saturated carbocycles. The number of aliphatic hydroxyl groups excluding tert-OH is 1. The van der Waals surface area contributed by atoms with Crippen LogP contribution < -0.4 is 0 Å². The second-order valence-electron chi connectivity index (χ2n) is 5.71. The lowest BCUT2D eigenvalue weighted by molar-refractivity contribution is 0.0575. The third kappa shape index (κ3) is 4.81. The molecule has 1 N–H and O–H groups in total. The van der Waals surface area contributed by atoms with Crippen LogP contribution in [0, 0.1) is 5.41 Å². The minimum Gasteiger partial charge on any atom is -0.394 e. The fourth-order valence-electron chi connectivity index (χ4n) is 2.38. The van der Waals surface area contributed by atoms with E-state index in [4.69, 9.17) is 9.84 Å². The maximum Gasteiger partial charge on any atom is 0.0698 e. The average Bonchev–Trinajstić information content (AvgIpc) is 2.24. The van der Waals surface area contributed by atoms with Crippen LogP contribution in [0.1, 0.15) is 39.5 Å². The van der Waals surface area contributed by atoms with Gasteiger partial charge in [0.1, 0.15) is 0 Å². The van der Waals surface area contributed by atoms with Gasteiger partial charge in [-0.3, -0.25) is 0 Å². The molecule has 0 bridgehead atoms. The van der Waals surface area contributed by atoms with Crippen LogP contribution in [-0.4, -0.2) is 49.5 Å². The van der Waals surface area contributed by atoms with Crippen molar-refractivity contribution in [3.8, 4) is 0 Å². The number of hydrogen-bond donors (Lipinski definition) is 1. The molecule has 0 atom stereocenters. The Morgan fingerprint density at radius 2 is 1.88 bits per heavy atom. The van der Waals surface area contributed by atoms with Crippen molar-refractivity contribution in [3.63, 3.8) is 0 Å². The van der Waals surface area contributed by atoms with Crippen LogP contribution in [0.2, 0.25) is 0 Å². The summed E-state index contributed by atoms with van der Waals surface area (Å²) in [6.45, 7) is 7.04. The van der Waals surface area contributed by atoms with Gasteiger partial charge in [-0.25, -0.2) is 0 Å². The number of ether oxygens (including phenoxy) is 1. The Balaban J connectivity index is 2.15. The standard InChI is InChI=1S/C13H27NO2/c1-13(2)6-4-12(5-7-13)14(3)8-10-16-11-9-15/h12,15H,4-11H2,1-3H3. The Kier molecular flexibility index (Phi) is 5.73. The molecule has 1 rings (SSSR count). The molecule has 0 saturated heterocycles. The van der Waals surface area contributed by atoms with E-state index in [9.17, 15) is 0 Å². The first-order chi connectivity index (χ1) is 7.55. The van der Waals surface area contributed by atoms with Crippen molar-refractivity contribution in [1.82, 2.24) is 4.90 Å². The van der Waals surface area contributed by atoms with Gasteiger partial charge in [0.15, 0.2) is 0 Å². The number of likely N-dealkylation sites (N-methyl/N-ethyl adjacent to an activating group) is 1. The summed E-state index contributed by atoms with van der Waals surface area (Å²) in [7, 11) is 2.19. The third-order valence-electron chi connectivity index (χ3n) is 3.76. The predicted octanol–water partition coefficient (Wildman–Crippen LogP) is 1.90. The summed E-state index contributed by atoms with van der Waals surface area (Å²) in [6.07, 6.45) is 5.28. The van der Waals surface area contributed by atoms with Crippen molar-refractivity contribution >= 4 is 0 Å². The van der Waals surface area contributed by atoms with Crippen LogP contribution in [0.4, 0.5) is 0 Å². The van der Waals surface area contributed by atoms with E-state index in [0.29, 0.717) is 12.0 Å². The summed E-state index contributed by atoms with van der Waals surface area (Å²) in [5, 5.41) is 8.60. The molecule has 16 heavy (non-hydrogen) atoms. The van der Waals surface area contributed by atoms with Crippen molar-refractivity contribution in [1.29, 1.82) is 0 Å². The van der Waals surface area contributed by atoms with Gasteiger partial charge in [-0.1, -0.05) is 13.8 Å². The highest BCUT2D eigenvalue weighted by molar-refractivity contribution is 4.82. The van der Waals surface area contributed by atoms with Crippen molar-refractivity contribution in [2.24, 2.45) is 5.41 Å². The Bertz CT molecular complexity index is 184. The topological polar surface area (TPSA) is 32.7 Å². The minimum atomic E-state index is 0.126. The summed E-state index contributed by atoms with van der Waals surface area (Å²) in [5.41, 5.74) is 0.546. The largest absolute Gasteiger partial charge is 0.394 e. The molecular formula is C13H27NO2. The fourth-order valence-corrected chi connectivity index (χ4v) is 2.38. The first-order valence-corrected chi connectivity index (χ1v) is 6.44. The van der Waals surface area contributed by atoms with Gasteiger partial charge in [-0.05, 0) is 38.1 Å². The van der Waals surface area contributed by atoms with Gasteiger partial charge in [0, 0.05) is 12.6 Å². The highest BCUT2D eigenvalue weighted by atomic mass is 16.5. The molecule has 0 radical (unpaired) electrons. The van der Waals surface area contributed by atoms with Crippen molar-refractivity contribution in [2.45, 2.75) is 45.6 Å². The summed E-state index contributed by atoms with van der Waals surface area (Å²) < 4.78 is 5.29. The first kappa shape index (κ1) is 13.9. The Morgan fingerprint density at radius 3 is 2.44 bits per heavy atom. The molecule has 0 unspecified atom stereocenters. The summed E-state index contributed by atoms with van der Waals surface area (Å²) in [4.78, 5) is 2.41. The van der Waals surface area contributed by atoms with Gasteiger partial charge in [-0.15, -0.1) is 0 Å². The minimum absolute atomic E-state index is 0.126. The zero-order chi connectivity index (χ0) is 12.0. The molecule has 0 spiro atoms. The Hall–Kier alpha value is -0.120. The molecule has 1 aliphatic rings. The van der Waals surface area contributed by atoms with Crippen molar-refractivity contribution in [2.75, 3.05) is 33.4 Å². The molecule has 1 fully saturated rings. The van der Waals surface area contributed by atoms with Gasteiger partial charge < -0.3 is 14.7 Å². The van der Waals surface area contributed by atoms with Gasteiger partial charge in [-0.2, -0.15) is 0 Å². The van der Waals surface area contributed by atoms with Crippen molar-refractivity contribution in [3.05, 3.63) is 0 Å².